The van der Waals surface area contributed by atoms with Gasteiger partial charge >= 0.3 is 0 Å². The molecule has 0 amide bonds. The van der Waals surface area contributed by atoms with Crippen LogP contribution in [0.2, 0.25) is 0 Å². The van der Waals surface area contributed by atoms with E-state index in [1.165, 1.54) is 51.7 Å². The van der Waals surface area contributed by atoms with Crippen LogP contribution in [0.4, 0.5) is 0 Å². The number of rotatable bonds is 2. The van der Waals surface area contributed by atoms with Gasteiger partial charge in [-0.25, -0.2) is 0 Å². The molecule has 1 saturated heterocycles. The third-order valence-electron chi connectivity index (χ3n) is 3.47. The molecular formula is C10H19N. The average Bonchev–Trinajstić information content (AvgIpc) is 2.32. The van der Waals surface area contributed by atoms with Crippen molar-refractivity contribution in [1.82, 2.24) is 4.90 Å². The molecule has 0 bridgehead atoms. The Balaban J connectivity index is 1.83. The fourth-order valence-electron chi connectivity index (χ4n) is 2.62. The maximum atomic E-state index is 2.65. The Bertz CT molecular complexity index is 138. The smallest absolute Gasteiger partial charge is 0.00384 e. The first-order valence-corrected chi connectivity index (χ1v) is 5.07. The van der Waals surface area contributed by atoms with Crippen molar-refractivity contribution in [1.29, 1.82) is 0 Å². The van der Waals surface area contributed by atoms with Crippen LogP contribution in [0.1, 0.15) is 39.0 Å². The van der Waals surface area contributed by atoms with Gasteiger partial charge in [0.25, 0.3) is 0 Å². The summed E-state index contributed by atoms with van der Waals surface area (Å²) in [6, 6.07) is 0. The lowest BCUT2D eigenvalue weighted by atomic mass is 9.68. The standard InChI is InChI=1S/C10H19N/c1-2-7-11-8-6-10(9-11)4-3-5-10/h2-9H2,1H3. The van der Waals surface area contributed by atoms with Gasteiger partial charge in [-0.1, -0.05) is 13.3 Å². The molecule has 0 aromatic rings. The second-order valence-electron chi connectivity index (χ2n) is 4.38. The van der Waals surface area contributed by atoms with Gasteiger partial charge in [0.15, 0.2) is 0 Å². The van der Waals surface area contributed by atoms with E-state index in [9.17, 15) is 0 Å². The normalized spacial score (nSPS) is 29.2. The molecule has 1 aliphatic heterocycles. The molecule has 0 N–H and O–H groups in total. The van der Waals surface area contributed by atoms with Crippen LogP contribution in [0.15, 0.2) is 0 Å². The van der Waals surface area contributed by atoms with E-state index in [1.807, 2.05) is 0 Å². The maximum absolute atomic E-state index is 2.65. The van der Waals surface area contributed by atoms with Crippen LogP contribution >= 0.6 is 0 Å². The zero-order valence-electron chi connectivity index (χ0n) is 7.60. The van der Waals surface area contributed by atoms with E-state index < -0.39 is 0 Å². The highest BCUT2D eigenvalue weighted by Crippen LogP contribution is 2.47. The van der Waals surface area contributed by atoms with E-state index >= 15 is 0 Å². The van der Waals surface area contributed by atoms with Crippen LogP contribution < -0.4 is 0 Å². The largest absolute Gasteiger partial charge is 0.303 e. The maximum Gasteiger partial charge on any atom is 0.00384 e. The number of likely N-dealkylation sites (tertiary alicyclic amines) is 1. The summed E-state index contributed by atoms with van der Waals surface area (Å²) in [4.78, 5) is 2.65. The molecule has 0 aromatic heterocycles. The molecule has 2 fully saturated rings. The molecule has 2 rings (SSSR count). The minimum Gasteiger partial charge on any atom is -0.303 e. The average molecular weight is 153 g/mol. The Hall–Kier alpha value is -0.0400. The van der Waals surface area contributed by atoms with Crippen LogP contribution in [0.3, 0.4) is 0 Å². The molecule has 0 atom stereocenters. The van der Waals surface area contributed by atoms with Gasteiger partial charge in [0.05, 0.1) is 0 Å². The molecule has 2 aliphatic rings. The van der Waals surface area contributed by atoms with E-state index in [1.54, 1.807) is 0 Å². The summed E-state index contributed by atoms with van der Waals surface area (Å²) in [5, 5.41) is 0. The number of hydrogen-bond acceptors (Lipinski definition) is 1. The van der Waals surface area contributed by atoms with E-state index in [-0.39, 0.29) is 0 Å². The predicted molar refractivity (Wildman–Crippen MR) is 47.6 cm³/mol. The third kappa shape index (κ3) is 1.31. The molecule has 1 aliphatic carbocycles. The van der Waals surface area contributed by atoms with Crippen molar-refractivity contribution < 1.29 is 0 Å². The molecule has 1 saturated carbocycles. The molecular weight excluding hydrogens is 134 g/mol. The molecule has 1 nitrogen and oxygen atoms in total. The van der Waals surface area contributed by atoms with Gasteiger partial charge in [0.2, 0.25) is 0 Å². The van der Waals surface area contributed by atoms with Gasteiger partial charge in [0, 0.05) is 6.54 Å². The molecule has 0 radical (unpaired) electrons. The van der Waals surface area contributed by atoms with Crippen LogP contribution in [0.5, 0.6) is 0 Å². The lowest BCUT2D eigenvalue weighted by Crippen LogP contribution is -2.33. The van der Waals surface area contributed by atoms with Gasteiger partial charge in [-0.2, -0.15) is 0 Å². The quantitative estimate of drug-likeness (QED) is 0.588. The van der Waals surface area contributed by atoms with E-state index in [0.717, 1.165) is 5.41 Å². The fraction of sp³-hybridized carbons (Fsp3) is 1.00. The lowest BCUT2D eigenvalue weighted by molar-refractivity contribution is 0.139. The van der Waals surface area contributed by atoms with Gasteiger partial charge < -0.3 is 4.90 Å². The number of nitrogens with zero attached hydrogens (tertiary/aromatic N) is 1. The second-order valence-corrected chi connectivity index (χ2v) is 4.38. The Morgan fingerprint density at radius 3 is 2.55 bits per heavy atom. The summed E-state index contributed by atoms with van der Waals surface area (Å²) >= 11 is 0. The molecule has 1 spiro atoms. The van der Waals surface area contributed by atoms with Crippen molar-refractivity contribution >= 4 is 0 Å². The highest BCUT2D eigenvalue weighted by molar-refractivity contribution is 4.95. The minimum absolute atomic E-state index is 0.815. The SMILES string of the molecule is CCCN1CCC2(CCC2)C1. The minimum atomic E-state index is 0.815. The van der Waals surface area contributed by atoms with Crippen molar-refractivity contribution in [2.24, 2.45) is 5.41 Å². The van der Waals surface area contributed by atoms with Crippen molar-refractivity contribution in [3.8, 4) is 0 Å². The van der Waals surface area contributed by atoms with Crippen molar-refractivity contribution in [2.45, 2.75) is 39.0 Å². The first-order valence-electron chi connectivity index (χ1n) is 5.07. The monoisotopic (exact) mass is 153 g/mol. The van der Waals surface area contributed by atoms with Crippen LogP contribution in [0.25, 0.3) is 0 Å². The van der Waals surface area contributed by atoms with E-state index in [2.05, 4.69) is 11.8 Å². The van der Waals surface area contributed by atoms with Gasteiger partial charge in [0.1, 0.15) is 0 Å². The second kappa shape index (κ2) is 2.78. The first kappa shape index (κ1) is 7.60. The van der Waals surface area contributed by atoms with Gasteiger partial charge in [-0.3, -0.25) is 0 Å². The van der Waals surface area contributed by atoms with Crippen molar-refractivity contribution in [2.75, 3.05) is 19.6 Å². The van der Waals surface area contributed by atoms with Crippen LogP contribution in [-0.2, 0) is 0 Å². The summed E-state index contributed by atoms with van der Waals surface area (Å²) in [6.45, 7) is 6.42. The highest BCUT2D eigenvalue weighted by Gasteiger charge is 2.42. The summed E-state index contributed by atoms with van der Waals surface area (Å²) in [5.74, 6) is 0. The van der Waals surface area contributed by atoms with Crippen molar-refractivity contribution in [3.05, 3.63) is 0 Å². The molecule has 0 aromatic carbocycles. The fourth-order valence-corrected chi connectivity index (χ4v) is 2.62. The molecule has 11 heavy (non-hydrogen) atoms. The highest BCUT2D eigenvalue weighted by atomic mass is 15.2. The van der Waals surface area contributed by atoms with Crippen LogP contribution in [0, 0.1) is 5.41 Å². The zero-order valence-corrected chi connectivity index (χ0v) is 7.60. The first-order chi connectivity index (χ1) is 5.35. The Kier molecular flexibility index (Phi) is 1.92. The summed E-state index contributed by atoms with van der Waals surface area (Å²) < 4.78 is 0. The van der Waals surface area contributed by atoms with E-state index in [0.29, 0.717) is 0 Å². The molecule has 1 heteroatoms. The Labute approximate surface area is 69.8 Å². The van der Waals surface area contributed by atoms with Gasteiger partial charge in [-0.15, -0.1) is 0 Å². The molecule has 0 unspecified atom stereocenters. The number of hydrogen-bond donors (Lipinski definition) is 0. The Morgan fingerprint density at radius 1 is 1.27 bits per heavy atom. The summed E-state index contributed by atoms with van der Waals surface area (Å²) in [7, 11) is 0. The van der Waals surface area contributed by atoms with Gasteiger partial charge in [-0.05, 0) is 44.2 Å². The predicted octanol–water partition coefficient (Wildman–Crippen LogP) is 2.27. The summed E-state index contributed by atoms with van der Waals surface area (Å²) in [6.07, 6.45) is 7.36. The van der Waals surface area contributed by atoms with Crippen molar-refractivity contribution in [3.63, 3.8) is 0 Å². The molecule has 1 heterocycles. The third-order valence-corrected chi connectivity index (χ3v) is 3.47. The van der Waals surface area contributed by atoms with Crippen LogP contribution in [-0.4, -0.2) is 24.5 Å². The molecule has 64 valence electrons. The summed E-state index contributed by atoms with van der Waals surface area (Å²) in [5.41, 5.74) is 0.815. The van der Waals surface area contributed by atoms with E-state index in [4.69, 9.17) is 0 Å². The topological polar surface area (TPSA) is 3.24 Å². The Morgan fingerprint density at radius 2 is 2.09 bits per heavy atom. The lowest BCUT2D eigenvalue weighted by Gasteiger charge is -2.38. The zero-order chi connectivity index (χ0) is 7.73.